The first-order chi connectivity index (χ1) is 16.2. The number of amides is 3. The minimum absolute atomic E-state index is 0.00535. The molecule has 34 heavy (non-hydrogen) atoms. The number of rotatable bonds is 4. The average molecular weight is 473 g/mol. The van der Waals surface area contributed by atoms with Crippen molar-refractivity contribution in [3.05, 3.63) is 41.8 Å². The average Bonchev–Trinajstić information content (AvgIpc) is 3.38. The molecule has 10 heteroatoms. The lowest BCUT2D eigenvalue weighted by Gasteiger charge is -2.36. The van der Waals surface area contributed by atoms with Crippen LogP contribution in [-0.4, -0.2) is 78.7 Å². The van der Waals surface area contributed by atoms with E-state index in [0.29, 0.717) is 36.5 Å². The number of methoxy groups -OCH3 is 1. The van der Waals surface area contributed by atoms with Gasteiger partial charge in [-0.3, -0.25) is 14.4 Å². The molecule has 0 saturated heterocycles. The second-order valence-corrected chi connectivity index (χ2v) is 8.54. The number of hydrogen-bond donors (Lipinski definition) is 1. The van der Waals surface area contributed by atoms with Crippen LogP contribution in [0.4, 0.5) is 5.69 Å². The van der Waals surface area contributed by atoms with Crippen molar-refractivity contribution in [3.8, 4) is 5.75 Å². The van der Waals surface area contributed by atoms with E-state index >= 15 is 0 Å². The van der Waals surface area contributed by atoms with Crippen molar-refractivity contribution in [2.24, 2.45) is 5.92 Å². The predicted octanol–water partition coefficient (Wildman–Crippen LogP) is 2.67. The molecule has 0 aliphatic carbocycles. The number of benzene rings is 1. The van der Waals surface area contributed by atoms with Crippen molar-refractivity contribution in [3.63, 3.8) is 0 Å². The number of aromatic nitrogens is 1. The summed E-state index contributed by atoms with van der Waals surface area (Å²) in [5.41, 5.74) is 0.782. The Kier molecular flexibility index (Phi) is 8.27. The van der Waals surface area contributed by atoms with Crippen LogP contribution >= 0.6 is 0 Å². The van der Waals surface area contributed by atoms with Gasteiger partial charge in [0.25, 0.3) is 11.8 Å². The van der Waals surface area contributed by atoms with E-state index < -0.39 is 5.91 Å². The fraction of sp³-hybridized carbons (Fsp3) is 0.500. The van der Waals surface area contributed by atoms with E-state index in [2.05, 4.69) is 10.5 Å². The molecule has 3 atom stereocenters. The molecule has 0 radical (unpaired) electrons. The highest BCUT2D eigenvalue weighted by molar-refractivity contribution is 6.03. The normalized spacial score (nSPS) is 21.7. The number of fused-ring (bicyclic) bond motifs is 1. The van der Waals surface area contributed by atoms with E-state index in [1.807, 2.05) is 20.8 Å². The van der Waals surface area contributed by atoms with Crippen LogP contribution in [0.25, 0.3) is 0 Å². The molecular weight excluding hydrogens is 440 g/mol. The number of carbonyl (C=O) groups is 3. The van der Waals surface area contributed by atoms with Gasteiger partial charge < -0.3 is 29.1 Å². The summed E-state index contributed by atoms with van der Waals surface area (Å²) in [6.07, 6.45) is 1.50. The Morgan fingerprint density at radius 1 is 1.24 bits per heavy atom. The van der Waals surface area contributed by atoms with Crippen molar-refractivity contribution in [1.29, 1.82) is 0 Å². The van der Waals surface area contributed by atoms with Gasteiger partial charge in [-0.05, 0) is 19.1 Å². The summed E-state index contributed by atoms with van der Waals surface area (Å²) >= 11 is 0. The third-order valence-electron chi connectivity index (χ3n) is 5.99. The number of nitrogens with one attached hydrogen (secondary N) is 1. The van der Waals surface area contributed by atoms with E-state index in [4.69, 9.17) is 14.0 Å². The molecule has 10 nitrogen and oxygen atoms in total. The van der Waals surface area contributed by atoms with Crippen molar-refractivity contribution in [2.75, 3.05) is 39.2 Å². The predicted molar refractivity (Wildman–Crippen MR) is 125 cm³/mol. The van der Waals surface area contributed by atoms with Gasteiger partial charge in [0, 0.05) is 57.4 Å². The van der Waals surface area contributed by atoms with Crippen molar-refractivity contribution >= 4 is 23.4 Å². The highest BCUT2D eigenvalue weighted by Gasteiger charge is 2.30. The van der Waals surface area contributed by atoms with Crippen molar-refractivity contribution in [2.45, 2.75) is 39.3 Å². The lowest BCUT2D eigenvalue weighted by molar-refractivity contribution is -0.135. The third-order valence-corrected chi connectivity index (χ3v) is 5.99. The van der Waals surface area contributed by atoms with Crippen LogP contribution in [0, 0.1) is 5.92 Å². The lowest BCUT2D eigenvalue weighted by Crippen LogP contribution is -2.48. The fourth-order valence-electron chi connectivity index (χ4n) is 3.93. The first-order valence-electron chi connectivity index (χ1n) is 11.3. The lowest BCUT2D eigenvalue weighted by atomic mass is 10.0. The number of carbonyl (C=O) groups excluding carboxylic acids is 3. The molecule has 3 rings (SSSR count). The minimum Gasteiger partial charge on any atom is -0.491 e. The fourth-order valence-corrected chi connectivity index (χ4v) is 3.93. The first kappa shape index (κ1) is 25.2. The SMILES string of the molecule is CCC(=O)N1C[C@@H](C)[C@@H](OC)CN(C)C(=O)c2ccc(NC(=O)c3ccno3)cc2OC[C@@H]1C. The maximum atomic E-state index is 13.3. The molecule has 184 valence electrons. The second kappa shape index (κ2) is 11.1. The van der Waals surface area contributed by atoms with Crippen LogP contribution in [0.15, 0.2) is 35.0 Å². The Morgan fingerprint density at radius 2 is 2.00 bits per heavy atom. The maximum absolute atomic E-state index is 13.3. The van der Waals surface area contributed by atoms with Gasteiger partial charge in [-0.25, -0.2) is 0 Å². The Labute approximate surface area is 199 Å². The summed E-state index contributed by atoms with van der Waals surface area (Å²) in [6.45, 7) is 6.77. The molecule has 0 spiro atoms. The Hall–Kier alpha value is -3.40. The molecule has 0 unspecified atom stereocenters. The molecule has 0 saturated carbocycles. The second-order valence-electron chi connectivity index (χ2n) is 8.54. The summed E-state index contributed by atoms with van der Waals surface area (Å²) < 4.78 is 16.6. The van der Waals surface area contributed by atoms with E-state index in [-0.39, 0.29) is 42.2 Å². The van der Waals surface area contributed by atoms with Crippen LogP contribution in [0.3, 0.4) is 0 Å². The molecule has 2 aromatic rings. The van der Waals surface area contributed by atoms with Gasteiger partial charge in [0.2, 0.25) is 11.7 Å². The number of nitrogens with zero attached hydrogens (tertiary/aromatic N) is 3. The number of likely N-dealkylation sites (N-methyl/N-ethyl adjacent to an activating group) is 1. The zero-order chi connectivity index (χ0) is 24.8. The van der Waals surface area contributed by atoms with Gasteiger partial charge in [0.1, 0.15) is 12.4 Å². The van der Waals surface area contributed by atoms with Gasteiger partial charge in [-0.1, -0.05) is 19.0 Å². The molecule has 1 aromatic carbocycles. The summed E-state index contributed by atoms with van der Waals surface area (Å²) in [6, 6.07) is 6.05. The monoisotopic (exact) mass is 472 g/mol. The molecule has 0 fully saturated rings. The highest BCUT2D eigenvalue weighted by atomic mass is 16.5. The summed E-state index contributed by atoms with van der Waals surface area (Å²) in [5.74, 6) is -0.304. The Balaban J connectivity index is 1.94. The summed E-state index contributed by atoms with van der Waals surface area (Å²) in [5, 5.41) is 6.25. The maximum Gasteiger partial charge on any atom is 0.294 e. The van der Waals surface area contributed by atoms with Gasteiger partial charge in [-0.15, -0.1) is 0 Å². The quantitative estimate of drug-likeness (QED) is 0.728. The topological polar surface area (TPSA) is 114 Å². The van der Waals surface area contributed by atoms with Crippen LogP contribution in [-0.2, 0) is 9.53 Å². The van der Waals surface area contributed by atoms with E-state index in [1.54, 1.807) is 42.2 Å². The van der Waals surface area contributed by atoms with Crippen LogP contribution < -0.4 is 10.1 Å². The Bertz CT molecular complexity index is 1010. The Morgan fingerprint density at radius 3 is 2.65 bits per heavy atom. The van der Waals surface area contributed by atoms with Crippen LogP contribution in [0.1, 0.15) is 48.1 Å². The molecule has 3 amide bonds. The van der Waals surface area contributed by atoms with E-state index in [9.17, 15) is 14.4 Å². The van der Waals surface area contributed by atoms with E-state index in [1.165, 1.54) is 12.3 Å². The van der Waals surface area contributed by atoms with Gasteiger partial charge in [-0.2, -0.15) is 0 Å². The number of ether oxygens (including phenoxy) is 2. The summed E-state index contributed by atoms with van der Waals surface area (Å²) in [7, 11) is 3.31. The van der Waals surface area contributed by atoms with Gasteiger partial charge in [0.05, 0.1) is 23.9 Å². The molecule has 0 bridgehead atoms. The number of hydrogen-bond acceptors (Lipinski definition) is 7. The highest BCUT2D eigenvalue weighted by Crippen LogP contribution is 2.27. The zero-order valence-electron chi connectivity index (χ0n) is 20.2. The largest absolute Gasteiger partial charge is 0.491 e. The standard InChI is InChI=1S/C24H32N4O6/c1-6-22(29)28-12-15(2)21(32-5)13-27(4)24(31)18-8-7-17(11-20(18)33-14-16(28)3)26-23(30)19-9-10-25-34-19/h7-11,15-16,21H,6,12-14H2,1-5H3,(H,26,30)/t15-,16+,21+/m1/s1. The summed E-state index contributed by atoms with van der Waals surface area (Å²) in [4.78, 5) is 41.7. The third kappa shape index (κ3) is 5.74. The van der Waals surface area contributed by atoms with Crippen molar-refractivity contribution in [1.82, 2.24) is 15.0 Å². The zero-order valence-corrected chi connectivity index (χ0v) is 20.2. The minimum atomic E-state index is -0.473. The first-order valence-corrected chi connectivity index (χ1v) is 11.3. The molecule has 1 aliphatic rings. The van der Waals surface area contributed by atoms with Gasteiger partial charge >= 0.3 is 0 Å². The number of anilines is 1. The van der Waals surface area contributed by atoms with Crippen LogP contribution in [0.2, 0.25) is 0 Å². The molecule has 1 aliphatic heterocycles. The molecular formula is C24H32N4O6. The van der Waals surface area contributed by atoms with Gasteiger partial charge in [0.15, 0.2) is 0 Å². The smallest absolute Gasteiger partial charge is 0.294 e. The van der Waals surface area contributed by atoms with Crippen LogP contribution in [0.5, 0.6) is 5.75 Å². The van der Waals surface area contributed by atoms with E-state index in [0.717, 1.165) is 0 Å². The van der Waals surface area contributed by atoms with Crippen molar-refractivity contribution < 1.29 is 28.4 Å². The molecule has 1 N–H and O–H groups in total. The molecule has 2 heterocycles. The molecule has 1 aromatic heterocycles.